The van der Waals surface area contributed by atoms with E-state index in [-0.39, 0.29) is 41.3 Å². The quantitative estimate of drug-likeness (QED) is 0.310. The van der Waals surface area contributed by atoms with Gasteiger partial charge in [0, 0.05) is 46.8 Å². The number of pyridine rings is 1. The van der Waals surface area contributed by atoms with Gasteiger partial charge in [-0.15, -0.1) is 0 Å². The largest absolute Gasteiger partial charge is 0.494 e. The standard InChI is InChI=1S/C28H26FN9O3/c1-13(39)22-24(15-7-18-3-4-19(8-15)37(18)28(40)26-32-12-33-36-26)35-27-20(11-34-38(27)25(22)30)16-5-14-6-17(29)9-21(41-2)23(14)31-10-16/h5-6,9-12,15,18-19H,3-4,7-8,30H2,1-2H3,(H,32,33,36)/t15?,18-,19?/m1/s1. The average molecular weight is 556 g/mol. The van der Waals surface area contributed by atoms with Crippen molar-refractivity contribution >= 4 is 34.1 Å². The Kier molecular flexibility index (Phi) is 5.70. The molecule has 41 heavy (non-hydrogen) atoms. The van der Waals surface area contributed by atoms with Crippen LogP contribution < -0.4 is 10.5 Å². The number of aromatic amines is 1. The molecule has 5 aromatic rings. The molecule has 0 spiro atoms. The molecule has 4 aromatic heterocycles. The number of aromatic nitrogens is 7. The number of H-pyrrole nitrogens is 1. The van der Waals surface area contributed by atoms with E-state index in [2.05, 4.69) is 25.3 Å². The van der Waals surface area contributed by atoms with Gasteiger partial charge in [-0.2, -0.15) is 14.7 Å². The fraction of sp³-hybridized carbons (Fsp3) is 0.321. The van der Waals surface area contributed by atoms with Crippen molar-refractivity contribution in [3.05, 3.63) is 59.8 Å². The van der Waals surface area contributed by atoms with Crippen LogP contribution in [0.15, 0.2) is 36.9 Å². The first-order chi connectivity index (χ1) is 19.8. The van der Waals surface area contributed by atoms with Gasteiger partial charge in [0.25, 0.3) is 5.91 Å². The number of fused-ring (bicyclic) bond motifs is 4. The maximum Gasteiger partial charge on any atom is 0.291 e. The van der Waals surface area contributed by atoms with Gasteiger partial charge in [-0.3, -0.25) is 19.7 Å². The Balaban J connectivity index is 1.31. The molecule has 13 heteroatoms. The fourth-order valence-electron chi connectivity index (χ4n) is 6.54. The van der Waals surface area contributed by atoms with Crippen LogP contribution in [-0.2, 0) is 0 Å². The molecule has 6 heterocycles. The smallest absolute Gasteiger partial charge is 0.291 e. The van der Waals surface area contributed by atoms with E-state index < -0.39 is 5.82 Å². The van der Waals surface area contributed by atoms with Crippen LogP contribution in [0.1, 0.15) is 65.2 Å². The van der Waals surface area contributed by atoms with Crippen LogP contribution in [0, 0.1) is 5.82 Å². The number of carbonyl (C=O) groups is 2. The normalized spacial score (nSPS) is 20.2. The zero-order chi connectivity index (χ0) is 28.4. The molecule has 3 N–H and O–H groups in total. The van der Waals surface area contributed by atoms with Gasteiger partial charge in [0.05, 0.1) is 24.6 Å². The van der Waals surface area contributed by atoms with Crippen LogP contribution in [0.25, 0.3) is 27.7 Å². The Morgan fingerprint density at radius 2 is 1.90 bits per heavy atom. The number of nitrogens with two attached hydrogens (primary N) is 1. The molecule has 3 atom stereocenters. The number of methoxy groups -OCH3 is 1. The van der Waals surface area contributed by atoms with Gasteiger partial charge in [-0.1, -0.05) is 0 Å². The first kappa shape index (κ1) is 25.1. The van der Waals surface area contributed by atoms with Crippen molar-refractivity contribution in [2.24, 2.45) is 0 Å². The number of hydrogen-bond donors (Lipinski definition) is 2. The summed E-state index contributed by atoms with van der Waals surface area (Å²) in [5.41, 5.74) is 9.83. The summed E-state index contributed by atoms with van der Waals surface area (Å²) in [6, 6.07) is 4.45. The Bertz CT molecular complexity index is 1840. The summed E-state index contributed by atoms with van der Waals surface area (Å²) in [5, 5.41) is 11.5. The minimum atomic E-state index is -0.438. The first-order valence-electron chi connectivity index (χ1n) is 13.3. The number of anilines is 1. The SMILES string of the molecule is COc1cc(F)cc2cc(-c3cnn4c(N)c(C(C)=O)c(C5CC6CC[C@H](C5)N6C(=O)c5ncn[nH]5)nc34)cnc12. The number of nitrogen functional groups attached to an aromatic ring is 1. The molecule has 2 bridgehead atoms. The number of Topliss-reactive ketones (excluding diaryl/α,β-unsaturated/α-hetero) is 1. The van der Waals surface area contributed by atoms with Gasteiger partial charge in [0.2, 0.25) is 5.82 Å². The van der Waals surface area contributed by atoms with E-state index >= 15 is 0 Å². The molecule has 12 nitrogen and oxygen atoms in total. The van der Waals surface area contributed by atoms with Crippen molar-refractivity contribution < 1.29 is 18.7 Å². The molecule has 2 saturated heterocycles. The van der Waals surface area contributed by atoms with E-state index in [4.69, 9.17) is 15.5 Å². The van der Waals surface area contributed by atoms with Gasteiger partial charge < -0.3 is 15.4 Å². The second kappa shape index (κ2) is 9.32. The van der Waals surface area contributed by atoms with Crippen molar-refractivity contribution in [1.29, 1.82) is 0 Å². The van der Waals surface area contributed by atoms with Crippen LogP contribution in [0.4, 0.5) is 10.2 Å². The van der Waals surface area contributed by atoms with Crippen molar-refractivity contribution in [3.63, 3.8) is 0 Å². The second-order valence-corrected chi connectivity index (χ2v) is 10.6. The molecule has 2 fully saturated rings. The Labute approximate surface area is 232 Å². The lowest BCUT2D eigenvalue weighted by molar-refractivity contribution is 0.0556. The summed E-state index contributed by atoms with van der Waals surface area (Å²) in [5.74, 6) is -0.133. The number of piperidine rings is 1. The summed E-state index contributed by atoms with van der Waals surface area (Å²) < 4.78 is 21.0. The summed E-state index contributed by atoms with van der Waals surface area (Å²) in [6.07, 6.45) is 7.59. The van der Waals surface area contributed by atoms with E-state index in [0.717, 1.165) is 12.8 Å². The van der Waals surface area contributed by atoms with E-state index in [1.54, 1.807) is 18.5 Å². The third-order valence-electron chi connectivity index (χ3n) is 8.28. The minimum absolute atomic E-state index is 0.0191. The lowest BCUT2D eigenvalue weighted by atomic mass is 9.85. The maximum absolute atomic E-state index is 14.3. The number of nitrogens with one attached hydrogen (secondary N) is 1. The highest BCUT2D eigenvalue weighted by atomic mass is 19.1. The predicted molar refractivity (Wildman–Crippen MR) is 146 cm³/mol. The van der Waals surface area contributed by atoms with Gasteiger partial charge in [-0.25, -0.2) is 14.4 Å². The fourth-order valence-corrected chi connectivity index (χ4v) is 6.54. The third kappa shape index (κ3) is 3.90. The van der Waals surface area contributed by atoms with E-state index in [1.807, 2.05) is 4.90 Å². The Morgan fingerprint density at radius 3 is 2.59 bits per heavy atom. The molecule has 0 radical (unpaired) electrons. The Hall–Kier alpha value is -4.94. The molecular formula is C28H26FN9O3. The van der Waals surface area contributed by atoms with Crippen LogP contribution >= 0.6 is 0 Å². The number of halogens is 1. The molecule has 7 rings (SSSR count). The van der Waals surface area contributed by atoms with Gasteiger partial charge in [0.15, 0.2) is 11.4 Å². The minimum Gasteiger partial charge on any atom is -0.494 e. The first-order valence-corrected chi connectivity index (χ1v) is 13.3. The van der Waals surface area contributed by atoms with Crippen LogP contribution in [0.3, 0.4) is 0 Å². The van der Waals surface area contributed by atoms with Crippen LogP contribution in [0.2, 0.25) is 0 Å². The Morgan fingerprint density at radius 1 is 1.12 bits per heavy atom. The lowest BCUT2D eigenvalue weighted by Gasteiger charge is -2.38. The van der Waals surface area contributed by atoms with Gasteiger partial charge in [0.1, 0.15) is 29.2 Å². The number of rotatable bonds is 5. The molecule has 0 saturated carbocycles. The maximum atomic E-state index is 14.3. The van der Waals surface area contributed by atoms with Crippen LogP contribution in [-0.4, -0.2) is 70.5 Å². The van der Waals surface area contributed by atoms with Crippen LogP contribution in [0.5, 0.6) is 5.75 Å². The summed E-state index contributed by atoms with van der Waals surface area (Å²) >= 11 is 0. The van der Waals surface area contributed by atoms with E-state index in [1.165, 1.54) is 37.0 Å². The van der Waals surface area contributed by atoms with Crippen molar-refractivity contribution in [1.82, 2.24) is 39.7 Å². The number of ketones is 1. The molecule has 208 valence electrons. The summed E-state index contributed by atoms with van der Waals surface area (Å²) in [4.78, 5) is 41.5. The average Bonchev–Trinajstić information content (AvgIpc) is 3.70. The third-order valence-corrected chi connectivity index (χ3v) is 8.28. The van der Waals surface area contributed by atoms with Gasteiger partial charge in [-0.05, 0) is 44.7 Å². The van der Waals surface area contributed by atoms with Crippen molar-refractivity contribution in [2.75, 3.05) is 12.8 Å². The monoisotopic (exact) mass is 555 g/mol. The molecule has 2 aliphatic heterocycles. The van der Waals surface area contributed by atoms with Crippen molar-refractivity contribution in [3.8, 4) is 16.9 Å². The number of hydrogen-bond acceptors (Lipinski definition) is 9. The molecular weight excluding hydrogens is 529 g/mol. The number of ether oxygens (including phenoxy) is 1. The number of benzene rings is 1. The highest BCUT2D eigenvalue weighted by Gasteiger charge is 2.45. The molecule has 2 unspecified atom stereocenters. The lowest BCUT2D eigenvalue weighted by Crippen LogP contribution is -2.46. The number of carbonyl (C=O) groups excluding carboxylic acids is 2. The summed E-state index contributed by atoms with van der Waals surface area (Å²) in [7, 11) is 1.47. The number of amides is 1. The molecule has 1 aromatic carbocycles. The molecule has 1 amide bonds. The van der Waals surface area contributed by atoms with E-state index in [0.29, 0.717) is 57.5 Å². The zero-order valence-corrected chi connectivity index (χ0v) is 22.3. The second-order valence-electron chi connectivity index (χ2n) is 10.6. The predicted octanol–water partition coefficient (Wildman–Crippen LogP) is 3.55. The highest BCUT2D eigenvalue weighted by Crippen LogP contribution is 2.45. The zero-order valence-electron chi connectivity index (χ0n) is 22.3. The molecule has 2 aliphatic rings. The molecule has 0 aliphatic carbocycles. The van der Waals surface area contributed by atoms with Gasteiger partial charge >= 0.3 is 0 Å². The highest BCUT2D eigenvalue weighted by molar-refractivity contribution is 6.00. The van der Waals surface area contributed by atoms with Crippen molar-refractivity contribution in [2.45, 2.75) is 50.6 Å². The van der Waals surface area contributed by atoms with E-state index in [9.17, 15) is 14.0 Å². The number of nitrogens with zero attached hydrogens (tertiary/aromatic N) is 7. The topological polar surface area (TPSA) is 157 Å². The summed E-state index contributed by atoms with van der Waals surface area (Å²) in [6.45, 7) is 1.47.